The SMILES string of the molecule is CCNC(CO)CCN(C)CC(F)F. The van der Waals surface area contributed by atoms with E-state index >= 15 is 0 Å². The van der Waals surface area contributed by atoms with Crippen molar-refractivity contribution in [3.05, 3.63) is 0 Å². The van der Waals surface area contributed by atoms with E-state index in [-0.39, 0.29) is 19.2 Å². The molecule has 2 N–H and O–H groups in total. The number of nitrogens with one attached hydrogen (secondary N) is 1. The Balaban J connectivity index is 3.56. The summed E-state index contributed by atoms with van der Waals surface area (Å²) in [4.78, 5) is 1.57. The van der Waals surface area contributed by atoms with E-state index in [1.807, 2.05) is 6.92 Å². The molecule has 0 saturated heterocycles. The summed E-state index contributed by atoms with van der Waals surface area (Å²) in [7, 11) is 1.66. The molecule has 0 rings (SSSR count). The molecular formula is C9H20F2N2O. The number of alkyl halides is 2. The third kappa shape index (κ3) is 7.17. The Morgan fingerprint density at radius 3 is 2.50 bits per heavy atom. The molecule has 86 valence electrons. The van der Waals surface area contributed by atoms with E-state index in [0.717, 1.165) is 6.54 Å². The Hall–Kier alpha value is -0.260. The monoisotopic (exact) mass is 210 g/mol. The van der Waals surface area contributed by atoms with Gasteiger partial charge in [-0.15, -0.1) is 0 Å². The van der Waals surface area contributed by atoms with Crippen LogP contribution in [0.1, 0.15) is 13.3 Å². The van der Waals surface area contributed by atoms with E-state index in [1.165, 1.54) is 0 Å². The fourth-order valence-electron chi connectivity index (χ4n) is 1.25. The van der Waals surface area contributed by atoms with Crippen LogP contribution in [0.4, 0.5) is 8.78 Å². The molecule has 0 aromatic heterocycles. The summed E-state index contributed by atoms with van der Waals surface area (Å²) in [6.45, 7) is 3.15. The zero-order valence-corrected chi connectivity index (χ0v) is 8.84. The van der Waals surface area contributed by atoms with Crippen LogP contribution in [-0.4, -0.2) is 55.8 Å². The van der Waals surface area contributed by atoms with Crippen molar-refractivity contribution >= 4 is 0 Å². The van der Waals surface area contributed by atoms with Crippen molar-refractivity contribution < 1.29 is 13.9 Å². The van der Waals surface area contributed by atoms with Crippen LogP contribution in [0.25, 0.3) is 0 Å². The first-order chi connectivity index (χ1) is 6.60. The summed E-state index contributed by atoms with van der Waals surface area (Å²) in [5, 5.41) is 12.0. The molecule has 0 aliphatic carbocycles. The molecule has 0 aromatic rings. The number of likely N-dealkylation sites (N-methyl/N-ethyl adjacent to an activating group) is 1. The topological polar surface area (TPSA) is 35.5 Å². The van der Waals surface area contributed by atoms with Gasteiger partial charge in [-0.3, -0.25) is 0 Å². The first-order valence-corrected chi connectivity index (χ1v) is 4.91. The molecule has 0 heterocycles. The van der Waals surface area contributed by atoms with E-state index in [4.69, 9.17) is 5.11 Å². The van der Waals surface area contributed by atoms with Crippen LogP contribution in [0.2, 0.25) is 0 Å². The Bertz CT molecular complexity index is 136. The summed E-state index contributed by atoms with van der Waals surface area (Å²) < 4.78 is 23.9. The maximum absolute atomic E-state index is 11.9. The van der Waals surface area contributed by atoms with E-state index in [2.05, 4.69) is 5.32 Å². The van der Waals surface area contributed by atoms with Gasteiger partial charge in [-0.05, 0) is 26.6 Å². The molecule has 1 unspecified atom stereocenters. The lowest BCUT2D eigenvalue weighted by Gasteiger charge is -2.20. The van der Waals surface area contributed by atoms with Crippen LogP contribution in [0.3, 0.4) is 0 Å². The summed E-state index contributed by atoms with van der Waals surface area (Å²) in [5.74, 6) is 0. The van der Waals surface area contributed by atoms with Crippen molar-refractivity contribution in [1.82, 2.24) is 10.2 Å². The van der Waals surface area contributed by atoms with Crippen molar-refractivity contribution in [2.45, 2.75) is 25.8 Å². The van der Waals surface area contributed by atoms with E-state index in [1.54, 1.807) is 11.9 Å². The molecule has 0 aliphatic heterocycles. The molecule has 0 radical (unpaired) electrons. The number of halogens is 2. The van der Waals surface area contributed by atoms with Crippen LogP contribution in [-0.2, 0) is 0 Å². The van der Waals surface area contributed by atoms with Gasteiger partial charge in [-0.1, -0.05) is 6.92 Å². The van der Waals surface area contributed by atoms with Gasteiger partial charge >= 0.3 is 0 Å². The summed E-state index contributed by atoms with van der Waals surface area (Å²) in [5.41, 5.74) is 0. The van der Waals surface area contributed by atoms with Gasteiger partial charge in [0.05, 0.1) is 13.2 Å². The van der Waals surface area contributed by atoms with Crippen LogP contribution in [0.15, 0.2) is 0 Å². The minimum absolute atomic E-state index is 0.0140. The molecule has 14 heavy (non-hydrogen) atoms. The van der Waals surface area contributed by atoms with Crippen LogP contribution in [0.5, 0.6) is 0 Å². The maximum atomic E-state index is 11.9. The normalized spacial score (nSPS) is 13.9. The predicted octanol–water partition coefficient (Wildman–Crippen LogP) is 0.544. The second-order valence-corrected chi connectivity index (χ2v) is 3.38. The predicted molar refractivity (Wildman–Crippen MR) is 52.7 cm³/mol. The zero-order chi connectivity index (χ0) is 11.0. The molecule has 5 heteroatoms. The van der Waals surface area contributed by atoms with Gasteiger partial charge in [0.15, 0.2) is 0 Å². The minimum atomic E-state index is -2.29. The second-order valence-electron chi connectivity index (χ2n) is 3.38. The molecule has 1 atom stereocenters. The average Bonchev–Trinajstić information content (AvgIpc) is 2.11. The highest BCUT2D eigenvalue weighted by Gasteiger charge is 2.10. The highest BCUT2D eigenvalue weighted by molar-refractivity contribution is 4.66. The molecule has 0 fully saturated rings. The number of nitrogens with zero attached hydrogens (tertiary/aromatic N) is 1. The van der Waals surface area contributed by atoms with Gasteiger partial charge in [-0.2, -0.15) is 0 Å². The molecular weight excluding hydrogens is 190 g/mol. The second kappa shape index (κ2) is 8.08. The quantitative estimate of drug-likeness (QED) is 0.614. The summed E-state index contributed by atoms with van der Waals surface area (Å²) >= 11 is 0. The molecule has 0 amide bonds. The van der Waals surface area contributed by atoms with Crippen molar-refractivity contribution in [3.63, 3.8) is 0 Å². The number of hydrogen-bond acceptors (Lipinski definition) is 3. The van der Waals surface area contributed by atoms with E-state index in [9.17, 15) is 8.78 Å². The van der Waals surface area contributed by atoms with Crippen LogP contribution < -0.4 is 5.32 Å². The first kappa shape index (κ1) is 13.7. The maximum Gasteiger partial charge on any atom is 0.251 e. The Morgan fingerprint density at radius 1 is 1.43 bits per heavy atom. The first-order valence-electron chi connectivity index (χ1n) is 4.91. The third-order valence-corrected chi connectivity index (χ3v) is 2.02. The van der Waals surface area contributed by atoms with Gasteiger partial charge in [0.25, 0.3) is 6.43 Å². The van der Waals surface area contributed by atoms with Gasteiger partial charge in [0.2, 0.25) is 0 Å². The molecule has 0 spiro atoms. The van der Waals surface area contributed by atoms with E-state index < -0.39 is 6.43 Å². The lowest BCUT2D eigenvalue weighted by Crippen LogP contribution is -2.36. The Morgan fingerprint density at radius 2 is 2.07 bits per heavy atom. The van der Waals surface area contributed by atoms with Gasteiger partial charge in [-0.25, -0.2) is 8.78 Å². The molecule has 0 bridgehead atoms. The minimum Gasteiger partial charge on any atom is -0.395 e. The number of aliphatic hydroxyl groups is 1. The van der Waals surface area contributed by atoms with Crippen LogP contribution in [0, 0.1) is 0 Å². The molecule has 0 aliphatic rings. The van der Waals surface area contributed by atoms with Crippen molar-refractivity contribution in [2.24, 2.45) is 0 Å². The summed E-state index contributed by atoms with van der Waals surface area (Å²) in [6.07, 6.45) is -1.60. The molecule has 0 aromatic carbocycles. The number of rotatable bonds is 8. The lowest BCUT2D eigenvalue weighted by atomic mass is 10.2. The van der Waals surface area contributed by atoms with Gasteiger partial charge in [0, 0.05) is 6.04 Å². The highest BCUT2D eigenvalue weighted by Crippen LogP contribution is 1.98. The van der Waals surface area contributed by atoms with Gasteiger partial charge < -0.3 is 15.3 Å². The lowest BCUT2D eigenvalue weighted by molar-refractivity contribution is 0.0968. The van der Waals surface area contributed by atoms with Crippen molar-refractivity contribution in [1.29, 1.82) is 0 Å². The zero-order valence-electron chi connectivity index (χ0n) is 8.84. The standard InChI is InChI=1S/C9H20F2N2O/c1-3-12-8(7-14)4-5-13(2)6-9(10)11/h8-9,12,14H,3-7H2,1-2H3. The third-order valence-electron chi connectivity index (χ3n) is 2.02. The number of aliphatic hydroxyl groups excluding tert-OH is 1. The summed E-state index contributed by atoms with van der Waals surface area (Å²) in [6, 6.07) is 0.0140. The van der Waals surface area contributed by atoms with Gasteiger partial charge in [0.1, 0.15) is 0 Å². The number of hydrogen-bond donors (Lipinski definition) is 2. The fourth-order valence-corrected chi connectivity index (χ4v) is 1.25. The highest BCUT2D eigenvalue weighted by atomic mass is 19.3. The Kier molecular flexibility index (Phi) is 7.93. The van der Waals surface area contributed by atoms with E-state index in [0.29, 0.717) is 13.0 Å². The largest absolute Gasteiger partial charge is 0.395 e. The average molecular weight is 210 g/mol. The van der Waals surface area contributed by atoms with Crippen molar-refractivity contribution in [3.8, 4) is 0 Å². The smallest absolute Gasteiger partial charge is 0.251 e. The van der Waals surface area contributed by atoms with Crippen molar-refractivity contribution in [2.75, 3.05) is 33.3 Å². The van der Waals surface area contributed by atoms with Crippen LogP contribution >= 0.6 is 0 Å². The fraction of sp³-hybridized carbons (Fsp3) is 1.00. The molecule has 0 saturated carbocycles. The Labute approximate surface area is 84.1 Å². The molecule has 3 nitrogen and oxygen atoms in total.